The zero-order valence-corrected chi connectivity index (χ0v) is 11.0. The molecule has 5 heteroatoms. The fourth-order valence-corrected chi connectivity index (χ4v) is 1.40. The first-order valence-corrected chi connectivity index (χ1v) is 6.06. The second-order valence-electron chi connectivity index (χ2n) is 3.67. The molecule has 0 bridgehead atoms. The van der Waals surface area contributed by atoms with E-state index in [4.69, 9.17) is 14.2 Å². The van der Waals surface area contributed by atoms with Gasteiger partial charge in [0.05, 0.1) is 19.1 Å². The predicted octanol–water partition coefficient (Wildman–Crippen LogP) is 2.53. The van der Waals surface area contributed by atoms with Gasteiger partial charge >= 0.3 is 12.1 Å². The molecule has 0 fully saturated rings. The maximum atomic E-state index is 11.5. The Balaban J connectivity index is 4.38. The monoisotopic (exact) mass is 246 g/mol. The molecule has 0 aliphatic rings. The maximum Gasteiger partial charge on any atom is 0.508 e. The van der Waals surface area contributed by atoms with Crippen molar-refractivity contribution in [2.75, 3.05) is 13.2 Å². The van der Waals surface area contributed by atoms with Crippen LogP contribution in [0, 0.1) is 5.92 Å². The Morgan fingerprint density at radius 2 is 1.65 bits per heavy atom. The molecule has 2 atom stereocenters. The molecule has 0 aromatic heterocycles. The summed E-state index contributed by atoms with van der Waals surface area (Å²) in [6, 6.07) is 0. The predicted molar refractivity (Wildman–Crippen MR) is 62.6 cm³/mol. The summed E-state index contributed by atoms with van der Waals surface area (Å²) in [5.41, 5.74) is 0. The standard InChI is InChI=1S/C12H22O5/c1-5-8-10(17-12(14)16-7-3)9(4)11(13)15-6-2/h9-10H,5-8H2,1-4H3. The van der Waals surface area contributed by atoms with Gasteiger partial charge in [-0.05, 0) is 27.2 Å². The van der Waals surface area contributed by atoms with Gasteiger partial charge < -0.3 is 14.2 Å². The molecule has 0 aliphatic heterocycles. The Morgan fingerprint density at radius 3 is 2.12 bits per heavy atom. The van der Waals surface area contributed by atoms with Crippen molar-refractivity contribution in [2.24, 2.45) is 5.92 Å². The molecule has 0 N–H and O–H groups in total. The lowest BCUT2D eigenvalue weighted by molar-refractivity contribution is -0.151. The number of esters is 1. The lowest BCUT2D eigenvalue weighted by Gasteiger charge is -2.21. The van der Waals surface area contributed by atoms with E-state index in [-0.39, 0.29) is 12.6 Å². The van der Waals surface area contributed by atoms with Gasteiger partial charge in [-0.15, -0.1) is 0 Å². The molecule has 5 nitrogen and oxygen atoms in total. The van der Waals surface area contributed by atoms with Crippen molar-refractivity contribution in [3.63, 3.8) is 0 Å². The van der Waals surface area contributed by atoms with E-state index in [0.29, 0.717) is 13.0 Å². The third kappa shape index (κ3) is 6.14. The molecule has 0 rings (SSSR count). The number of carbonyl (C=O) groups excluding carboxylic acids is 2. The second-order valence-corrected chi connectivity index (χ2v) is 3.67. The highest BCUT2D eigenvalue weighted by Gasteiger charge is 2.28. The van der Waals surface area contributed by atoms with E-state index >= 15 is 0 Å². The van der Waals surface area contributed by atoms with Gasteiger partial charge in [-0.2, -0.15) is 0 Å². The van der Waals surface area contributed by atoms with E-state index in [1.807, 2.05) is 6.92 Å². The van der Waals surface area contributed by atoms with Crippen molar-refractivity contribution < 1.29 is 23.8 Å². The minimum atomic E-state index is -0.734. The van der Waals surface area contributed by atoms with E-state index in [0.717, 1.165) is 6.42 Å². The molecular formula is C12H22O5. The largest absolute Gasteiger partial charge is 0.508 e. The smallest absolute Gasteiger partial charge is 0.466 e. The minimum Gasteiger partial charge on any atom is -0.466 e. The first kappa shape index (κ1) is 15.7. The summed E-state index contributed by atoms with van der Waals surface area (Å²) in [5.74, 6) is -0.824. The Kier molecular flexibility index (Phi) is 8.19. The average Bonchev–Trinajstić information content (AvgIpc) is 2.28. The Hall–Kier alpha value is -1.26. The van der Waals surface area contributed by atoms with Gasteiger partial charge in [-0.25, -0.2) is 4.79 Å². The number of ether oxygens (including phenoxy) is 3. The fourth-order valence-electron chi connectivity index (χ4n) is 1.40. The Morgan fingerprint density at radius 1 is 1.06 bits per heavy atom. The van der Waals surface area contributed by atoms with Crippen molar-refractivity contribution in [3.8, 4) is 0 Å². The Labute approximate surface area is 102 Å². The summed E-state index contributed by atoms with van der Waals surface area (Å²) in [5, 5.41) is 0. The summed E-state index contributed by atoms with van der Waals surface area (Å²) in [4.78, 5) is 22.8. The second kappa shape index (κ2) is 8.84. The molecule has 0 saturated carbocycles. The van der Waals surface area contributed by atoms with Crippen LogP contribution in [0.15, 0.2) is 0 Å². The topological polar surface area (TPSA) is 61.8 Å². The van der Waals surface area contributed by atoms with Gasteiger partial charge in [-0.1, -0.05) is 13.3 Å². The molecule has 0 aliphatic carbocycles. The van der Waals surface area contributed by atoms with Crippen LogP contribution in [0.2, 0.25) is 0 Å². The van der Waals surface area contributed by atoms with Crippen molar-refractivity contribution >= 4 is 12.1 Å². The van der Waals surface area contributed by atoms with Crippen molar-refractivity contribution in [2.45, 2.75) is 46.6 Å². The Bertz CT molecular complexity index is 239. The quantitative estimate of drug-likeness (QED) is 0.646. The van der Waals surface area contributed by atoms with Crippen LogP contribution in [0.3, 0.4) is 0 Å². The summed E-state index contributed by atoms with van der Waals surface area (Å²) in [6.45, 7) is 7.67. The molecule has 2 unspecified atom stereocenters. The molecule has 17 heavy (non-hydrogen) atoms. The molecule has 100 valence electrons. The summed E-state index contributed by atoms with van der Waals surface area (Å²) < 4.78 is 14.7. The summed E-state index contributed by atoms with van der Waals surface area (Å²) in [6.07, 6.45) is 0.201. The third-order valence-electron chi connectivity index (χ3n) is 2.30. The van der Waals surface area contributed by atoms with Crippen molar-refractivity contribution in [1.82, 2.24) is 0 Å². The third-order valence-corrected chi connectivity index (χ3v) is 2.30. The van der Waals surface area contributed by atoms with Gasteiger partial charge in [0.2, 0.25) is 0 Å². The van der Waals surface area contributed by atoms with E-state index < -0.39 is 18.2 Å². The molecule has 0 spiro atoms. The molecule has 0 aromatic carbocycles. The van der Waals surface area contributed by atoms with Crippen LogP contribution in [0.4, 0.5) is 4.79 Å². The maximum absolute atomic E-state index is 11.5. The summed E-state index contributed by atoms with van der Waals surface area (Å²) >= 11 is 0. The normalized spacial score (nSPS) is 13.6. The number of hydrogen-bond acceptors (Lipinski definition) is 5. The highest BCUT2D eigenvalue weighted by molar-refractivity contribution is 5.73. The van der Waals surface area contributed by atoms with Crippen LogP contribution in [-0.2, 0) is 19.0 Å². The molecule has 0 heterocycles. The summed E-state index contributed by atoms with van der Waals surface area (Å²) in [7, 11) is 0. The van der Waals surface area contributed by atoms with Crippen LogP contribution in [0.5, 0.6) is 0 Å². The van der Waals surface area contributed by atoms with Crippen molar-refractivity contribution in [3.05, 3.63) is 0 Å². The number of hydrogen-bond donors (Lipinski definition) is 0. The first-order valence-electron chi connectivity index (χ1n) is 6.06. The zero-order chi connectivity index (χ0) is 13.3. The molecule has 0 radical (unpaired) electrons. The van der Waals surface area contributed by atoms with Crippen molar-refractivity contribution in [1.29, 1.82) is 0 Å². The van der Waals surface area contributed by atoms with E-state index in [1.54, 1.807) is 20.8 Å². The SMILES string of the molecule is CCCC(OC(=O)OCC)C(C)C(=O)OCC. The molecule has 0 aromatic rings. The van der Waals surface area contributed by atoms with Crippen LogP contribution >= 0.6 is 0 Å². The molecule has 0 amide bonds. The van der Waals surface area contributed by atoms with Crippen LogP contribution in [0.25, 0.3) is 0 Å². The lowest BCUT2D eigenvalue weighted by Crippen LogP contribution is -2.32. The lowest BCUT2D eigenvalue weighted by atomic mass is 10.0. The van der Waals surface area contributed by atoms with E-state index in [9.17, 15) is 9.59 Å². The van der Waals surface area contributed by atoms with Gasteiger partial charge in [0.25, 0.3) is 0 Å². The van der Waals surface area contributed by atoms with E-state index in [2.05, 4.69) is 0 Å². The van der Waals surface area contributed by atoms with Gasteiger partial charge in [-0.3, -0.25) is 4.79 Å². The highest BCUT2D eigenvalue weighted by Crippen LogP contribution is 2.16. The van der Waals surface area contributed by atoms with Gasteiger partial charge in [0, 0.05) is 0 Å². The first-order chi connectivity index (χ1) is 8.06. The highest BCUT2D eigenvalue weighted by atomic mass is 16.7. The van der Waals surface area contributed by atoms with Crippen LogP contribution < -0.4 is 0 Å². The number of carbonyl (C=O) groups is 2. The fraction of sp³-hybridized carbons (Fsp3) is 0.833. The molecule has 0 saturated heterocycles. The van der Waals surface area contributed by atoms with Gasteiger partial charge in [0.1, 0.15) is 6.10 Å². The number of rotatable bonds is 7. The molecular weight excluding hydrogens is 224 g/mol. The average molecular weight is 246 g/mol. The van der Waals surface area contributed by atoms with Gasteiger partial charge in [0.15, 0.2) is 0 Å². The van der Waals surface area contributed by atoms with E-state index in [1.165, 1.54) is 0 Å². The van der Waals surface area contributed by atoms with Crippen LogP contribution in [0.1, 0.15) is 40.5 Å². The minimum absolute atomic E-state index is 0.255. The van der Waals surface area contributed by atoms with Crippen LogP contribution in [-0.4, -0.2) is 31.4 Å². The zero-order valence-electron chi connectivity index (χ0n) is 11.0.